The van der Waals surface area contributed by atoms with Gasteiger partial charge >= 0.3 is 0 Å². The molecular weight excluding hydrogens is 380 g/mol. The van der Waals surface area contributed by atoms with Crippen molar-refractivity contribution in [3.05, 3.63) is 48.0 Å². The first-order valence-electron chi connectivity index (χ1n) is 9.17. The third kappa shape index (κ3) is 4.39. The molecule has 150 valence electrons. The van der Waals surface area contributed by atoms with Crippen molar-refractivity contribution in [1.29, 1.82) is 0 Å². The van der Waals surface area contributed by atoms with E-state index in [0.717, 1.165) is 12.8 Å². The Kier molecular flexibility index (Phi) is 6.08. The first-order chi connectivity index (χ1) is 13.4. The second kappa shape index (κ2) is 8.52. The van der Waals surface area contributed by atoms with Gasteiger partial charge in [0.1, 0.15) is 11.5 Å². The molecule has 0 atom stereocenters. The Morgan fingerprint density at radius 2 is 1.89 bits per heavy atom. The fourth-order valence-corrected chi connectivity index (χ4v) is 4.22. The minimum absolute atomic E-state index is 0.00217. The lowest BCUT2D eigenvalue weighted by Crippen LogP contribution is -2.28. The average Bonchev–Trinajstić information content (AvgIpc) is 3.22. The Morgan fingerprint density at radius 1 is 1.14 bits per heavy atom. The van der Waals surface area contributed by atoms with Crippen LogP contribution in [0.1, 0.15) is 30.1 Å². The third-order valence-electron chi connectivity index (χ3n) is 4.50. The summed E-state index contributed by atoms with van der Waals surface area (Å²) in [4.78, 5) is 14.5. The first kappa shape index (κ1) is 20.0. The molecule has 1 fully saturated rings. The molecule has 0 spiro atoms. The highest BCUT2D eigenvalue weighted by Crippen LogP contribution is 2.27. The lowest BCUT2D eigenvalue weighted by molar-refractivity contribution is 0.0789. The van der Waals surface area contributed by atoms with Crippen LogP contribution in [0.15, 0.2) is 47.4 Å². The van der Waals surface area contributed by atoms with Crippen molar-refractivity contribution < 1.29 is 22.7 Å². The number of anilines is 1. The molecule has 0 saturated carbocycles. The number of hydrogen-bond donors (Lipinski definition) is 1. The fraction of sp³-hybridized carbons (Fsp3) is 0.350. The molecule has 2 aromatic carbocycles. The van der Waals surface area contributed by atoms with Gasteiger partial charge in [0.2, 0.25) is 0 Å². The van der Waals surface area contributed by atoms with E-state index < -0.39 is 10.0 Å². The number of ether oxygens (including phenoxy) is 2. The van der Waals surface area contributed by atoms with Crippen LogP contribution in [0.3, 0.4) is 0 Å². The van der Waals surface area contributed by atoms with Crippen LogP contribution in [0, 0.1) is 0 Å². The SMILES string of the molecule is CCOc1cccc(NS(=O)(=O)c2ccc(OC)c(C(=O)N3CCCC3)c2)c1. The van der Waals surface area contributed by atoms with Gasteiger partial charge in [-0.3, -0.25) is 9.52 Å². The molecule has 0 unspecified atom stereocenters. The van der Waals surface area contributed by atoms with Crippen molar-refractivity contribution >= 4 is 21.6 Å². The molecule has 1 N–H and O–H groups in total. The minimum atomic E-state index is -3.88. The standard InChI is InChI=1S/C20H24N2O5S/c1-3-27-16-8-6-7-15(13-16)21-28(24,25)17-9-10-19(26-2)18(14-17)20(23)22-11-4-5-12-22/h6-10,13-14,21H,3-5,11-12H2,1-2H3. The third-order valence-corrected chi connectivity index (χ3v) is 5.88. The number of rotatable bonds is 7. The number of nitrogens with one attached hydrogen (secondary N) is 1. The van der Waals surface area contributed by atoms with Crippen LogP contribution in [0.2, 0.25) is 0 Å². The van der Waals surface area contributed by atoms with Crippen LogP contribution < -0.4 is 14.2 Å². The highest BCUT2D eigenvalue weighted by molar-refractivity contribution is 7.92. The zero-order valence-electron chi connectivity index (χ0n) is 16.0. The summed E-state index contributed by atoms with van der Waals surface area (Å²) in [5.74, 6) is 0.710. The smallest absolute Gasteiger partial charge is 0.261 e. The highest BCUT2D eigenvalue weighted by atomic mass is 32.2. The zero-order valence-corrected chi connectivity index (χ0v) is 16.8. The van der Waals surface area contributed by atoms with Gasteiger partial charge in [0.15, 0.2) is 0 Å². The topological polar surface area (TPSA) is 84.9 Å². The second-order valence-electron chi connectivity index (χ2n) is 6.43. The van der Waals surface area contributed by atoms with Gasteiger partial charge in [-0.1, -0.05) is 6.07 Å². The van der Waals surface area contributed by atoms with Crippen molar-refractivity contribution in [2.24, 2.45) is 0 Å². The maximum Gasteiger partial charge on any atom is 0.261 e. The van der Waals surface area contributed by atoms with Crippen molar-refractivity contribution in [2.45, 2.75) is 24.7 Å². The predicted octanol–water partition coefficient (Wildman–Crippen LogP) is 3.13. The fourth-order valence-electron chi connectivity index (χ4n) is 3.14. The highest BCUT2D eigenvalue weighted by Gasteiger charge is 2.25. The number of amides is 1. The monoisotopic (exact) mass is 404 g/mol. The van der Waals surface area contributed by atoms with Gasteiger partial charge in [-0.25, -0.2) is 8.42 Å². The summed E-state index contributed by atoms with van der Waals surface area (Å²) in [7, 11) is -2.42. The van der Waals surface area contributed by atoms with E-state index in [0.29, 0.717) is 36.9 Å². The van der Waals surface area contributed by atoms with Gasteiger partial charge in [-0.2, -0.15) is 0 Å². The number of sulfonamides is 1. The van der Waals surface area contributed by atoms with E-state index in [1.165, 1.54) is 25.3 Å². The quantitative estimate of drug-likeness (QED) is 0.766. The van der Waals surface area contributed by atoms with E-state index in [1.54, 1.807) is 29.2 Å². The minimum Gasteiger partial charge on any atom is -0.496 e. The molecule has 1 amide bonds. The molecule has 8 heteroatoms. The summed E-state index contributed by atoms with van der Waals surface area (Å²) in [5.41, 5.74) is 0.629. The van der Waals surface area contributed by atoms with Gasteiger partial charge in [-0.05, 0) is 50.1 Å². The number of methoxy groups -OCH3 is 1. The molecule has 7 nitrogen and oxygen atoms in total. The Morgan fingerprint density at radius 3 is 2.57 bits per heavy atom. The summed E-state index contributed by atoms with van der Waals surface area (Å²) in [6.45, 7) is 3.67. The van der Waals surface area contributed by atoms with E-state index in [-0.39, 0.29) is 16.4 Å². The number of carbonyl (C=O) groups excluding carboxylic acids is 1. The summed E-state index contributed by atoms with van der Waals surface area (Å²) in [6.07, 6.45) is 1.90. The van der Waals surface area contributed by atoms with Gasteiger partial charge in [0.25, 0.3) is 15.9 Å². The molecule has 2 aromatic rings. The molecule has 1 aliphatic rings. The van der Waals surface area contributed by atoms with E-state index in [1.807, 2.05) is 6.92 Å². The second-order valence-corrected chi connectivity index (χ2v) is 8.11. The van der Waals surface area contributed by atoms with Crippen LogP contribution in [0.25, 0.3) is 0 Å². The molecule has 3 rings (SSSR count). The molecule has 0 aromatic heterocycles. The Bertz CT molecular complexity index is 953. The van der Waals surface area contributed by atoms with Crippen molar-refractivity contribution in [2.75, 3.05) is 31.5 Å². The Labute approximate surface area is 165 Å². The van der Waals surface area contributed by atoms with Crippen LogP contribution in [-0.2, 0) is 10.0 Å². The lowest BCUT2D eigenvalue weighted by Gasteiger charge is -2.18. The molecule has 1 aliphatic heterocycles. The maximum atomic E-state index is 12.8. The van der Waals surface area contributed by atoms with E-state index in [4.69, 9.17) is 9.47 Å². The number of likely N-dealkylation sites (tertiary alicyclic amines) is 1. The molecule has 28 heavy (non-hydrogen) atoms. The van der Waals surface area contributed by atoms with E-state index in [2.05, 4.69) is 4.72 Å². The van der Waals surface area contributed by atoms with Gasteiger partial charge < -0.3 is 14.4 Å². The number of nitrogens with zero attached hydrogens (tertiary/aromatic N) is 1. The lowest BCUT2D eigenvalue weighted by atomic mass is 10.1. The van der Waals surface area contributed by atoms with Crippen LogP contribution in [0.4, 0.5) is 5.69 Å². The molecule has 1 heterocycles. The van der Waals surface area contributed by atoms with Crippen molar-refractivity contribution in [3.8, 4) is 11.5 Å². The predicted molar refractivity (Wildman–Crippen MR) is 107 cm³/mol. The molecule has 0 bridgehead atoms. The van der Waals surface area contributed by atoms with Crippen LogP contribution >= 0.6 is 0 Å². The van der Waals surface area contributed by atoms with Gasteiger partial charge in [0, 0.05) is 19.2 Å². The Balaban J connectivity index is 1.90. The molecular formula is C20H24N2O5S. The molecule has 1 saturated heterocycles. The van der Waals surface area contributed by atoms with Crippen molar-refractivity contribution in [1.82, 2.24) is 4.90 Å². The first-order valence-corrected chi connectivity index (χ1v) is 10.7. The maximum absolute atomic E-state index is 12.8. The molecule has 0 radical (unpaired) electrons. The van der Waals surface area contributed by atoms with E-state index >= 15 is 0 Å². The summed E-state index contributed by atoms with van der Waals surface area (Å²) >= 11 is 0. The summed E-state index contributed by atoms with van der Waals surface area (Å²) < 4.78 is 38.9. The average molecular weight is 404 g/mol. The normalized spacial score (nSPS) is 14.0. The van der Waals surface area contributed by atoms with Crippen LogP contribution in [0.5, 0.6) is 11.5 Å². The summed E-state index contributed by atoms with van der Waals surface area (Å²) in [5, 5.41) is 0. The number of hydrogen-bond acceptors (Lipinski definition) is 5. The van der Waals surface area contributed by atoms with Gasteiger partial charge in [-0.15, -0.1) is 0 Å². The largest absolute Gasteiger partial charge is 0.496 e. The van der Waals surface area contributed by atoms with E-state index in [9.17, 15) is 13.2 Å². The zero-order chi connectivity index (χ0) is 20.1. The van der Waals surface area contributed by atoms with Crippen molar-refractivity contribution in [3.63, 3.8) is 0 Å². The summed E-state index contributed by atoms with van der Waals surface area (Å²) in [6, 6.07) is 11.0. The number of benzene rings is 2. The molecule has 0 aliphatic carbocycles. The van der Waals surface area contributed by atoms with Crippen LogP contribution in [-0.4, -0.2) is 46.0 Å². The van der Waals surface area contributed by atoms with Gasteiger partial charge in [0.05, 0.1) is 29.9 Å². The number of carbonyl (C=O) groups is 1. The Hall–Kier alpha value is -2.74.